The summed E-state index contributed by atoms with van der Waals surface area (Å²) in [5.41, 5.74) is 0. The van der Waals surface area contributed by atoms with Gasteiger partial charge in [0.1, 0.15) is 5.82 Å². The third-order valence-corrected chi connectivity index (χ3v) is 5.34. The van der Waals surface area contributed by atoms with Crippen LogP contribution in [0, 0.1) is 11.8 Å². The van der Waals surface area contributed by atoms with Crippen molar-refractivity contribution in [3.8, 4) is 0 Å². The monoisotopic (exact) mass is 312 g/mol. The first-order chi connectivity index (χ1) is 9.96. The maximum Gasteiger partial charge on any atom is 0.211 e. The van der Waals surface area contributed by atoms with Crippen molar-refractivity contribution in [2.75, 3.05) is 30.3 Å². The van der Waals surface area contributed by atoms with Crippen LogP contribution >= 0.6 is 0 Å². The molecule has 0 spiro atoms. The lowest BCUT2D eigenvalue weighted by molar-refractivity contribution is 0.400. The van der Waals surface area contributed by atoms with Gasteiger partial charge in [0.05, 0.1) is 11.9 Å². The molecule has 1 saturated heterocycles. The molecule has 0 aromatic carbocycles. The SMILES string of the molecule is CC(C)CS(=O)(=O)NCC1CCN(c2cnccn2)CC1. The Morgan fingerprint density at radius 1 is 1.33 bits per heavy atom. The van der Waals surface area contributed by atoms with Crippen LogP contribution in [-0.4, -0.2) is 43.8 Å². The van der Waals surface area contributed by atoms with Crippen LogP contribution < -0.4 is 9.62 Å². The van der Waals surface area contributed by atoms with E-state index >= 15 is 0 Å². The zero-order chi connectivity index (χ0) is 15.3. The van der Waals surface area contributed by atoms with E-state index in [1.807, 2.05) is 13.8 Å². The summed E-state index contributed by atoms with van der Waals surface area (Å²) in [5.74, 6) is 1.66. The van der Waals surface area contributed by atoms with E-state index in [1.54, 1.807) is 18.6 Å². The molecular formula is C14H24N4O2S. The molecule has 2 heterocycles. The predicted octanol–water partition coefficient (Wildman–Crippen LogP) is 1.27. The topological polar surface area (TPSA) is 75.2 Å². The van der Waals surface area contributed by atoms with Gasteiger partial charge in [-0.1, -0.05) is 13.8 Å². The molecule has 0 saturated carbocycles. The number of rotatable bonds is 6. The zero-order valence-electron chi connectivity index (χ0n) is 12.7. The largest absolute Gasteiger partial charge is 0.355 e. The Labute approximate surface area is 127 Å². The van der Waals surface area contributed by atoms with Crippen LogP contribution in [0.5, 0.6) is 0 Å². The highest BCUT2D eigenvalue weighted by Crippen LogP contribution is 2.20. The van der Waals surface area contributed by atoms with E-state index in [1.165, 1.54) is 0 Å². The summed E-state index contributed by atoms with van der Waals surface area (Å²) in [6.07, 6.45) is 7.08. The molecule has 0 amide bonds. The van der Waals surface area contributed by atoms with Gasteiger partial charge in [-0.05, 0) is 24.7 Å². The van der Waals surface area contributed by atoms with E-state index in [0.717, 1.165) is 31.7 Å². The van der Waals surface area contributed by atoms with Crippen LogP contribution in [0.15, 0.2) is 18.6 Å². The quantitative estimate of drug-likeness (QED) is 0.856. The smallest absolute Gasteiger partial charge is 0.211 e. The Hall–Kier alpha value is -1.21. The first-order valence-electron chi connectivity index (χ1n) is 7.44. The van der Waals surface area contributed by atoms with Gasteiger partial charge in [-0.3, -0.25) is 4.98 Å². The van der Waals surface area contributed by atoms with Crippen LogP contribution in [0.25, 0.3) is 0 Å². The Bertz CT molecular complexity index is 525. The zero-order valence-corrected chi connectivity index (χ0v) is 13.5. The number of sulfonamides is 1. The molecule has 1 aliphatic heterocycles. The Kier molecular flexibility index (Phi) is 5.52. The summed E-state index contributed by atoms with van der Waals surface area (Å²) >= 11 is 0. The summed E-state index contributed by atoms with van der Waals surface area (Å²) in [5, 5.41) is 0. The summed E-state index contributed by atoms with van der Waals surface area (Å²) in [4.78, 5) is 10.6. The molecule has 0 aliphatic carbocycles. The fraction of sp³-hybridized carbons (Fsp3) is 0.714. The fourth-order valence-electron chi connectivity index (χ4n) is 2.56. The number of hydrogen-bond donors (Lipinski definition) is 1. The van der Waals surface area contributed by atoms with Gasteiger partial charge >= 0.3 is 0 Å². The minimum atomic E-state index is -3.13. The van der Waals surface area contributed by atoms with Crippen LogP contribution in [0.2, 0.25) is 0 Å². The normalized spacial score (nSPS) is 17.4. The molecule has 1 aromatic heterocycles. The second-order valence-electron chi connectivity index (χ2n) is 6.02. The second-order valence-corrected chi connectivity index (χ2v) is 7.87. The summed E-state index contributed by atoms with van der Waals surface area (Å²) in [7, 11) is -3.13. The van der Waals surface area contributed by atoms with Crippen molar-refractivity contribution < 1.29 is 8.42 Å². The van der Waals surface area contributed by atoms with Crippen LogP contribution in [0.4, 0.5) is 5.82 Å². The number of aromatic nitrogens is 2. The number of hydrogen-bond acceptors (Lipinski definition) is 5. The molecule has 0 unspecified atom stereocenters. The van der Waals surface area contributed by atoms with Gasteiger partial charge < -0.3 is 4.90 Å². The molecule has 2 rings (SSSR count). The number of nitrogens with zero attached hydrogens (tertiary/aromatic N) is 3. The molecule has 1 N–H and O–H groups in total. The maximum absolute atomic E-state index is 11.8. The van der Waals surface area contributed by atoms with Gasteiger partial charge in [-0.15, -0.1) is 0 Å². The van der Waals surface area contributed by atoms with Gasteiger partial charge in [-0.2, -0.15) is 0 Å². The number of piperidine rings is 1. The van der Waals surface area contributed by atoms with Crippen LogP contribution in [0.3, 0.4) is 0 Å². The Morgan fingerprint density at radius 2 is 2.05 bits per heavy atom. The fourth-order valence-corrected chi connectivity index (χ4v) is 4.05. The van der Waals surface area contributed by atoms with Crippen molar-refractivity contribution in [1.29, 1.82) is 0 Å². The molecule has 0 radical (unpaired) electrons. The first-order valence-corrected chi connectivity index (χ1v) is 9.10. The minimum Gasteiger partial charge on any atom is -0.355 e. The summed E-state index contributed by atoms with van der Waals surface area (Å²) < 4.78 is 26.4. The molecule has 1 aromatic rings. The molecule has 0 bridgehead atoms. The number of anilines is 1. The molecule has 6 nitrogen and oxygen atoms in total. The molecule has 7 heteroatoms. The molecule has 21 heavy (non-hydrogen) atoms. The average molecular weight is 312 g/mol. The Balaban J connectivity index is 1.77. The van der Waals surface area contributed by atoms with E-state index in [0.29, 0.717) is 12.5 Å². The average Bonchev–Trinajstić information content (AvgIpc) is 2.45. The highest BCUT2D eigenvalue weighted by molar-refractivity contribution is 7.89. The van der Waals surface area contributed by atoms with Crippen molar-refractivity contribution in [3.63, 3.8) is 0 Å². The highest BCUT2D eigenvalue weighted by atomic mass is 32.2. The molecule has 1 aliphatic rings. The van der Waals surface area contributed by atoms with E-state index in [9.17, 15) is 8.42 Å². The molecule has 1 fully saturated rings. The van der Waals surface area contributed by atoms with Gasteiger partial charge in [0, 0.05) is 32.0 Å². The first kappa shape index (κ1) is 16.2. The lowest BCUT2D eigenvalue weighted by Gasteiger charge is -2.32. The Morgan fingerprint density at radius 3 is 2.62 bits per heavy atom. The molecule has 118 valence electrons. The van der Waals surface area contributed by atoms with Crippen molar-refractivity contribution in [1.82, 2.24) is 14.7 Å². The third kappa shape index (κ3) is 5.24. The van der Waals surface area contributed by atoms with Crippen LogP contribution in [0.1, 0.15) is 26.7 Å². The lowest BCUT2D eigenvalue weighted by Crippen LogP contribution is -2.39. The van der Waals surface area contributed by atoms with Gasteiger partial charge in [0.25, 0.3) is 0 Å². The van der Waals surface area contributed by atoms with E-state index in [-0.39, 0.29) is 11.7 Å². The molecule has 0 atom stereocenters. The maximum atomic E-state index is 11.8. The van der Waals surface area contributed by atoms with Crippen LogP contribution in [-0.2, 0) is 10.0 Å². The van der Waals surface area contributed by atoms with Crippen molar-refractivity contribution in [2.24, 2.45) is 11.8 Å². The summed E-state index contributed by atoms with van der Waals surface area (Å²) in [6, 6.07) is 0. The third-order valence-electron chi connectivity index (χ3n) is 3.63. The highest BCUT2D eigenvalue weighted by Gasteiger charge is 2.22. The van der Waals surface area contributed by atoms with Gasteiger partial charge in [-0.25, -0.2) is 18.1 Å². The van der Waals surface area contributed by atoms with E-state index in [4.69, 9.17) is 0 Å². The number of nitrogens with one attached hydrogen (secondary N) is 1. The second kappa shape index (κ2) is 7.17. The van der Waals surface area contributed by atoms with Gasteiger partial charge in [0.2, 0.25) is 10.0 Å². The van der Waals surface area contributed by atoms with Gasteiger partial charge in [0.15, 0.2) is 0 Å². The van der Waals surface area contributed by atoms with Crippen molar-refractivity contribution in [2.45, 2.75) is 26.7 Å². The summed E-state index contributed by atoms with van der Waals surface area (Å²) in [6.45, 7) is 6.17. The lowest BCUT2D eigenvalue weighted by atomic mass is 9.97. The van der Waals surface area contributed by atoms with E-state index < -0.39 is 10.0 Å². The minimum absolute atomic E-state index is 0.154. The standard InChI is InChI=1S/C14H24N4O2S/c1-12(2)11-21(19,20)17-9-13-3-7-18(8-4-13)14-10-15-5-6-16-14/h5-6,10,12-13,17H,3-4,7-9,11H2,1-2H3. The molecular weight excluding hydrogens is 288 g/mol. The van der Waals surface area contributed by atoms with E-state index in [2.05, 4.69) is 19.6 Å². The predicted molar refractivity (Wildman–Crippen MR) is 83.6 cm³/mol. The van der Waals surface area contributed by atoms with Crippen molar-refractivity contribution in [3.05, 3.63) is 18.6 Å². The van der Waals surface area contributed by atoms with Crippen molar-refractivity contribution >= 4 is 15.8 Å².